The van der Waals surface area contributed by atoms with Crippen molar-refractivity contribution in [3.8, 4) is 17.2 Å². The highest BCUT2D eigenvalue weighted by molar-refractivity contribution is 8.06. The summed E-state index contributed by atoms with van der Waals surface area (Å²) in [5.74, 6) is 4.53. The van der Waals surface area contributed by atoms with Gasteiger partial charge in [0, 0.05) is 22.8 Å². The molecule has 4 nitrogen and oxygen atoms in total. The molecule has 0 radical (unpaired) electrons. The molecule has 100 valence electrons. The van der Waals surface area contributed by atoms with Gasteiger partial charge < -0.3 is 9.63 Å². The Morgan fingerprint density at radius 1 is 1.37 bits per heavy atom. The van der Waals surface area contributed by atoms with Crippen molar-refractivity contribution in [3.63, 3.8) is 0 Å². The molecule has 1 aliphatic heterocycles. The van der Waals surface area contributed by atoms with Crippen LogP contribution in [0.15, 0.2) is 22.7 Å². The van der Waals surface area contributed by atoms with E-state index in [9.17, 15) is 5.11 Å². The second-order valence-corrected chi connectivity index (χ2v) is 6.93. The molecule has 3 rings (SSSR count). The molecule has 0 saturated carbocycles. The number of phenols is 1. The zero-order valence-corrected chi connectivity index (χ0v) is 12.3. The number of phenolic OH excluding ortho intramolecular Hbond substituents is 1. The highest BCUT2D eigenvalue weighted by Gasteiger charge is 2.22. The molecular formula is C12H11ClN2O2S2. The second-order valence-electron chi connectivity index (χ2n) is 4.06. The Hall–Kier alpha value is -0.850. The van der Waals surface area contributed by atoms with Crippen LogP contribution in [0, 0.1) is 0 Å². The lowest BCUT2D eigenvalue weighted by molar-refractivity contribution is 0.423. The molecule has 1 aromatic carbocycles. The summed E-state index contributed by atoms with van der Waals surface area (Å²) in [5, 5.41) is 14.0. The zero-order valence-electron chi connectivity index (χ0n) is 9.88. The van der Waals surface area contributed by atoms with E-state index in [1.54, 1.807) is 12.1 Å². The summed E-state index contributed by atoms with van der Waals surface area (Å²) in [6, 6.07) is 4.85. The molecule has 1 fully saturated rings. The van der Waals surface area contributed by atoms with Gasteiger partial charge in [-0.1, -0.05) is 16.8 Å². The molecule has 1 N–H and O–H groups in total. The number of halogens is 1. The fraction of sp³-hybridized carbons (Fsp3) is 0.333. The summed E-state index contributed by atoms with van der Waals surface area (Å²) in [7, 11) is 0. The van der Waals surface area contributed by atoms with Crippen LogP contribution in [0.2, 0.25) is 5.02 Å². The fourth-order valence-electron chi connectivity index (χ4n) is 1.76. The quantitative estimate of drug-likeness (QED) is 0.913. The first-order valence-electron chi connectivity index (χ1n) is 5.76. The van der Waals surface area contributed by atoms with Crippen LogP contribution in [0.25, 0.3) is 11.5 Å². The monoisotopic (exact) mass is 314 g/mol. The van der Waals surface area contributed by atoms with Gasteiger partial charge in [0.15, 0.2) is 5.82 Å². The van der Waals surface area contributed by atoms with Crippen molar-refractivity contribution in [2.24, 2.45) is 0 Å². The van der Waals surface area contributed by atoms with Gasteiger partial charge in [0.25, 0.3) is 5.89 Å². The van der Waals surface area contributed by atoms with Gasteiger partial charge in [-0.15, -0.1) is 11.8 Å². The van der Waals surface area contributed by atoms with Crippen molar-refractivity contribution < 1.29 is 9.63 Å². The van der Waals surface area contributed by atoms with Gasteiger partial charge in [0.2, 0.25) is 0 Å². The predicted molar refractivity (Wildman–Crippen MR) is 78.9 cm³/mol. The van der Waals surface area contributed by atoms with Gasteiger partial charge in [0.1, 0.15) is 5.75 Å². The van der Waals surface area contributed by atoms with E-state index < -0.39 is 0 Å². The van der Waals surface area contributed by atoms with Gasteiger partial charge in [-0.3, -0.25) is 0 Å². The van der Waals surface area contributed by atoms with Crippen LogP contribution >= 0.6 is 35.1 Å². The summed E-state index contributed by atoms with van der Waals surface area (Å²) in [5.41, 5.74) is 0.718. The van der Waals surface area contributed by atoms with E-state index in [1.165, 1.54) is 11.8 Å². The molecule has 2 aromatic rings. The Labute approximate surface area is 123 Å². The third-order valence-corrected chi connectivity index (χ3v) is 5.79. The molecule has 0 spiro atoms. The molecule has 0 aliphatic carbocycles. The molecule has 1 aromatic heterocycles. The fourth-order valence-corrected chi connectivity index (χ4v) is 4.53. The number of nitrogens with zero attached hydrogens (tertiary/aromatic N) is 2. The summed E-state index contributed by atoms with van der Waals surface area (Å²) in [6.07, 6.45) is 0. The van der Waals surface area contributed by atoms with E-state index >= 15 is 0 Å². The molecule has 7 heteroatoms. The number of rotatable bonds is 2. The van der Waals surface area contributed by atoms with E-state index in [2.05, 4.69) is 10.1 Å². The lowest BCUT2D eigenvalue weighted by Gasteiger charge is -2.16. The topological polar surface area (TPSA) is 59.2 Å². The van der Waals surface area contributed by atoms with E-state index in [4.69, 9.17) is 16.1 Å². The standard InChI is InChI=1S/C12H11ClN2O2S2/c13-8-5-7(1-2-9(8)16)12-14-11(15-17-12)10-6-18-3-4-19-10/h1-2,5,10,16H,3-4,6H2. The minimum atomic E-state index is 0.0457. The second kappa shape index (κ2) is 5.64. The Bertz CT molecular complexity index is 585. The Kier molecular flexibility index (Phi) is 3.91. The number of thioether (sulfide) groups is 2. The van der Waals surface area contributed by atoms with Crippen molar-refractivity contribution in [2.75, 3.05) is 17.3 Å². The number of benzene rings is 1. The third kappa shape index (κ3) is 2.85. The number of hydrogen-bond donors (Lipinski definition) is 1. The predicted octanol–water partition coefficient (Wildman–Crippen LogP) is 3.62. The van der Waals surface area contributed by atoms with Crippen molar-refractivity contribution in [1.29, 1.82) is 0 Å². The third-order valence-electron chi connectivity index (χ3n) is 2.74. The maximum Gasteiger partial charge on any atom is 0.258 e. The number of hydrogen-bond acceptors (Lipinski definition) is 6. The average molecular weight is 315 g/mol. The van der Waals surface area contributed by atoms with Crippen molar-refractivity contribution in [3.05, 3.63) is 29.0 Å². The van der Waals surface area contributed by atoms with E-state index in [1.807, 2.05) is 23.5 Å². The molecule has 1 saturated heterocycles. The maximum absolute atomic E-state index is 9.40. The van der Waals surface area contributed by atoms with Crippen LogP contribution in [0.5, 0.6) is 5.75 Å². The van der Waals surface area contributed by atoms with Gasteiger partial charge in [0.05, 0.1) is 10.3 Å². The van der Waals surface area contributed by atoms with Crippen molar-refractivity contribution in [2.45, 2.75) is 5.25 Å². The Morgan fingerprint density at radius 2 is 2.26 bits per heavy atom. The van der Waals surface area contributed by atoms with Gasteiger partial charge in [-0.2, -0.15) is 16.7 Å². The normalized spacial score (nSPS) is 19.5. The highest BCUT2D eigenvalue weighted by atomic mass is 35.5. The zero-order chi connectivity index (χ0) is 13.2. The summed E-state index contributed by atoms with van der Waals surface area (Å²) >= 11 is 9.64. The van der Waals surface area contributed by atoms with Crippen LogP contribution in [0.3, 0.4) is 0 Å². The minimum absolute atomic E-state index is 0.0457. The molecule has 19 heavy (non-hydrogen) atoms. The van der Waals surface area contributed by atoms with E-state index in [-0.39, 0.29) is 10.8 Å². The molecule has 1 atom stereocenters. The van der Waals surface area contributed by atoms with Crippen LogP contribution < -0.4 is 0 Å². The number of aromatic hydroxyl groups is 1. The largest absolute Gasteiger partial charge is 0.506 e. The Balaban J connectivity index is 1.85. The first-order valence-corrected chi connectivity index (χ1v) is 8.34. The SMILES string of the molecule is Oc1ccc(-c2nc(C3CSCCS3)no2)cc1Cl. The van der Waals surface area contributed by atoms with Crippen LogP contribution in [-0.2, 0) is 0 Å². The lowest BCUT2D eigenvalue weighted by Crippen LogP contribution is -2.07. The van der Waals surface area contributed by atoms with Crippen molar-refractivity contribution >= 4 is 35.1 Å². The van der Waals surface area contributed by atoms with Crippen LogP contribution in [0.1, 0.15) is 11.1 Å². The molecule has 1 aliphatic rings. The van der Waals surface area contributed by atoms with Gasteiger partial charge in [-0.05, 0) is 18.2 Å². The number of aromatic nitrogens is 2. The Morgan fingerprint density at radius 3 is 3.00 bits per heavy atom. The average Bonchev–Trinajstić information content (AvgIpc) is 2.93. The summed E-state index contributed by atoms with van der Waals surface area (Å²) < 4.78 is 5.27. The van der Waals surface area contributed by atoms with Gasteiger partial charge in [-0.25, -0.2) is 0 Å². The van der Waals surface area contributed by atoms with Crippen LogP contribution in [-0.4, -0.2) is 32.5 Å². The molecule has 2 heterocycles. The molecule has 1 unspecified atom stereocenters. The van der Waals surface area contributed by atoms with Crippen LogP contribution in [0.4, 0.5) is 0 Å². The molecule has 0 amide bonds. The first-order chi connectivity index (χ1) is 9.24. The van der Waals surface area contributed by atoms with E-state index in [0.29, 0.717) is 11.1 Å². The molecule has 0 bridgehead atoms. The first kappa shape index (κ1) is 13.1. The van der Waals surface area contributed by atoms with Crippen molar-refractivity contribution in [1.82, 2.24) is 10.1 Å². The van der Waals surface area contributed by atoms with Gasteiger partial charge >= 0.3 is 0 Å². The smallest absolute Gasteiger partial charge is 0.258 e. The minimum Gasteiger partial charge on any atom is -0.506 e. The lowest BCUT2D eigenvalue weighted by atomic mass is 10.2. The molecular weight excluding hydrogens is 304 g/mol. The maximum atomic E-state index is 9.40. The summed E-state index contributed by atoms with van der Waals surface area (Å²) in [6.45, 7) is 0. The summed E-state index contributed by atoms with van der Waals surface area (Å²) in [4.78, 5) is 4.42. The van der Waals surface area contributed by atoms with E-state index in [0.717, 1.165) is 22.9 Å². The highest BCUT2D eigenvalue weighted by Crippen LogP contribution is 2.36.